The second-order valence-electron chi connectivity index (χ2n) is 5.44. The Labute approximate surface area is 158 Å². The molecule has 0 aliphatic heterocycles. The fourth-order valence-electron chi connectivity index (χ4n) is 2.89. The van der Waals surface area contributed by atoms with Crippen LogP contribution in [0.1, 0.15) is 0 Å². The van der Waals surface area contributed by atoms with E-state index in [0.717, 1.165) is 26.7 Å². The van der Waals surface area contributed by atoms with E-state index in [4.69, 9.17) is 4.74 Å². The maximum atomic E-state index is 13.5. The Morgan fingerprint density at radius 3 is 2.80 bits per heavy atom. The van der Waals surface area contributed by atoms with Gasteiger partial charge >= 0.3 is 0 Å². The number of methoxy groups -OCH3 is 1. The fraction of sp³-hybridized carbons (Fsp3) is 0.235. The highest BCUT2D eigenvalue weighted by Crippen LogP contribution is 2.43. The molecule has 0 amide bonds. The summed E-state index contributed by atoms with van der Waals surface area (Å²) in [5.41, 5.74) is 3.01. The molecule has 0 radical (unpaired) electrons. The van der Waals surface area contributed by atoms with Gasteiger partial charge < -0.3 is 14.7 Å². The lowest BCUT2D eigenvalue weighted by Crippen LogP contribution is -2.22. The molecule has 2 aromatic heterocycles. The summed E-state index contributed by atoms with van der Waals surface area (Å²) in [5, 5.41) is 10.1. The van der Waals surface area contributed by atoms with Crippen LogP contribution in [0.25, 0.3) is 22.2 Å². The van der Waals surface area contributed by atoms with Crippen molar-refractivity contribution >= 4 is 45.0 Å². The predicted molar refractivity (Wildman–Crippen MR) is 104 cm³/mol. The van der Waals surface area contributed by atoms with Gasteiger partial charge in [0.25, 0.3) is 0 Å². The summed E-state index contributed by atoms with van der Waals surface area (Å²) < 4.78 is 21.1. The molecular formula is C17H17BrFN3O2S. The SMILES string of the molecule is COc1ccccc1-c1cn(SF)c2ncc(Br)c(N(C)CCO)c12. The van der Waals surface area contributed by atoms with Gasteiger partial charge in [0.2, 0.25) is 0 Å². The van der Waals surface area contributed by atoms with Gasteiger partial charge in [-0.25, -0.2) is 8.96 Å². The van der Waals surface area contributed by atoms with Crippen molar-refractivity contribution in [3.63, 3.8) is 0 Å². The van der Waals surface area contributed by atoms with E-state index in [0.29, 0.717) is 17.9 Å². The lowest BCUT2D eigenvalue weighted by Gasteiger charge is -2.21. The molecule has 132 valence electrons. The molecule has 0 unspecified atom stereocenters. The third kappa shape index (κ3) is 3.21. The van der Waals surface area contributed by atoms with Gasteiger partial charge in [-0.1, -0.05) is 18.2 Å². The number of pyridine rings is 1. The minimum Gasteiger partial charge on any atom is -0.496 e. The summed E-state index contributed by atoms with van der Waals surface area (Å²) in [4.78, 5) is 6.30. The van der Waals surface area contributed by atoms with Crippen molar-refractivity contribution in [1.29, 1.82) is 0 Å². The molecule has 0 bridgehead atoms. The normalized spacial score (nSPS) is 11.1. The summed E-state index contributed by atoms with van der Waals surface area (Å²) in [6.45, 7) is 0.451. The smallest absolute Gasteiger partial charge is 0.171 e. The van der Waals surface area contributed by atoms with Crippen molar-refractivity contribution in [2.45, 2.75) is 0 Å². The molecule has 0 aliphatic rings. The lowest BCUT2D eigenvalue weighted by molar-refractivity contribution is 0.304. The van der Waals surface area contributed by atoms with Gasteiger partial charge in [-0.3, -0.25) is 0 Å². The first-order chi connectivity index (χ1) is 12.1. The number of aliphatic hydroxyl groups is 1. The maximum absolute atomic E-state index is 13.5. The molecule has 0 saturated carbocycles. The Morgan fingerprint density at radius 1 is 1.36 bits per heavy atom. The summed E-state index contributed by atoms with van der Waals surface area (Å²) in [5.74, 6) is 0.696. The molecule has 1 aromatic carbocycles. The van der Waals surface area contributed by atoms with Crippen LogP contribution in [0.15, 0.2) is 41.1 Å². The molecule has 3 rings (SSSR count). The van der Waals surface area contributed by atoms with Gasteiger partial charge in [0.1, 0.15) is 5.75 Å². The molecule has 8 heteroatoms. The molecule has 3 aromatic rings. The van der Waals surface area contributed by atoms with Crippen LogP contribution < -0.4 is 9.64 Å². The number of ether oxygens (including phenoxy) is 1. The number of rotatable bonds is 6. The van der Waals surface area contributed by atoms with Gasteiger partial charge in [-0.05, 0) is 22.0 Å². The van der Waals surface area contributed by atoms with Crippen LogP contribution in [0, 0.1) is 0 Å². The van der Waals surface area contributed by atoms with Gasteiger partial charge in [0.05, 0.1) is 29.3 Å². The van der Waals surface area contributed by atoms with E-state index in [1.54, 1.807) is 19.5 Å². The third-order valence-corrected chi connectivity index (χ3v) is 5.01. The van der Waals surface area contributed by atoms with Crippen LogP contribution in [0.3, 0.4) is 0 Å². The molecule has 0 fully saturated rings. The first kappa shape index (κ1) is 18.0. The highest BCUT2D eigenvalue weighted by Gasteiger charge is 2.22. The Kier molecular flexibility index (Phi) is 5.51. The Bertz CT molecular complexity index is 903. The van der Waals surface area contributed by atoms with Crippen molar-refractivity contribution in [3.05, 3.63) is 41.1 Å². The fourth-order valence-corrected chi connectivity index (χ4v) is 3.84. The molecule has 0 aliphatic carbocycles. The zero-order valence-electron chi connectivity index (χ0n) is 13.7. The number of hydrogen-bond acceptors (Lipinski definition) is 5. The van der Waals surface area contributed by atoms with Crippen molar-refractivity contribution in [2.24, 2.45) is 0 Å². The first-order valence-electron chi connectivity index (χ1n) is 7.56. The van der Waals surface area contributed by atoms with Crippen LogP contribution in [0.5, 0.6) is 5.75 Å². The standard InChI is InChI=1S/C17H17BrFN3O2S/c1-21(7-8-23)16-13(18)9-20-17-15(16)12(10-22(17)25-19)11-5-3-4-6-14(11)24-2/h3-6,9-10,23H,7-8H2,1-2H3. The van der Waals surface area contributed by atoms with E-state index in [1.807, 2.05) is 36.2 Å². The Hall–Kier alpha value is -1.77. The van der Waals surface area contributed by atoms with Crippen LogP contribution in [-0.4, -0.2) is 41.4 Å². The zero-order chi connectivity index (χ0) is 18.0. The van der Waals surface area contributed by atoms with E-state index < -0.39 is 0 Å². The average molecular weight is 426 g/mol. The average Bonchev–Trinajstić information content (AvgIpc) is 3.00. The Morgan fingerprint density at radius 2 is 2.12 bits per heavy atom. The van der Waals surface area contributed by atoms with E-state index in [-0.39, 0.29) is 18.9 Å². The van der Waals surface area contributed by atoms with Crippen molar-refractivity contribution < 1.29 is 13.7 Å². The van der Waals surface area contributed by atoms with Gasteiger partial charge in [-0.2, -0.15) is 0 Å². The Balaban J connectivity index is 2.37. The number of anilines is 1. The molecule has 5 nitrogen and oxygen atoms in total. The van der Waals surface area contributed by atoms with Crippen LogP contribution >= 0.6 is 28.3 Å². The van der Waals surface area contributed by atoms with Crippen molar-refractivity contribution in [2.75, 3.05) is 32.2 Å². The number of fused-ring (bicyclic) bond motifs is 1. The predicted octanol–water partition coefficient (Wildman–Crippen LogP) is 4.28. The number of nitrogens with zero attached hydrogens (tertiary/aromatic N) is 3. The van der Waals surface area contributed by atoms with Gasteiger partial charge in [0, 0.05) is 37.1 Å². The monoisotopic (exact) mass is 425 g/mol. The number of hydrogen-bond donors (Lipinski definition) is 1. The topological polar surface area (TPSA) is 50.5 Å². The van der Waals surface area contributed by atoms with Gasteiger partial charge in [0.15, 0.2) is 18.0 Å². The van der Waals surface area contributed by atoms with Crippen LogP contribution in [0.2, 0.25) is 0 Å². The number of para-hydroxylation sites is 1. The van der Waals surface area contributed by atoms with Crippen LogP contribution in [-0.2, 0) is 0 Å². The quantitative estimate of drug-likeness (QED) is 0.638. The molecular weight excluding hydrogens is 409 g/mol. The second-order valence-corrected chi connectivity index (χ2v) is 6.82. The number of halogens is 2. The van der Waals surface area contributed by atoms with E-state index in [1.165, 1.54) is 3.97 Å². The largest absolute Gasteiger partial charge is 0.496 e. The molecule has 1 N–H and O–H groups in total. The lowest BCUT2D eigenvalue weighted by atomic mass is 10.0. The summed E-state index contributed by atoms with van der Waals surface area (Å²) in [6, 6.07) is 7.59. The third-order valence-electron chi connectivity index (χ3n) is 4.00. The second kappa shape index (κ2) is 7.63. The molecule has 2 heterocycles. The van der Waals surface area contributed by atoms with Gasteiger partial charge in [-0.15, -0.1) is 3.89 Å². The summed E-state index contributed by atoms with van der Waals surface area (Å²) in [7, 11) is 3.48. The number of aliphatic hydroxyl groups excluding tert-OH is 1. The van der Waals surface area contributed by atoms with E-state index >= 15 is 0 Å². The maximum Gasteiger partial charge on any atom is 0.171 e. The molecule has 0 atom stereocenters. The summed E-state index contributed by atoms with van der Waals surface area (Å²) in [6.07, 6.45) is 3.35. The minimum atomic E-state index is 0.00924. The number of benzene rings is 1. The minimum absolute atomic E-state index is 0.00924. The van der Waals surface area contributed by atoms with Crippen molar-refractivity contribution in [3.8, 4) is 16.9 Å². The highest BCUT2D eigenvalue weighted by atomic mass is 79.9. The number of likely N-dealkylation sites (N-methyl/N-ethyl adjacent to an activating group) is 1. The van der Waals surface area contributed by atoms with E-state index in [2.05, 4.69) is 20.9 Å². The molecule has 0 spiro atoms. The van der Waals surface area contributed by atoms with Crippen molar-refractivity contribution in [1.82, 2.24) is 8.96 Å². The zero-order valence-corrected chi connectivity index (χ0v) is 16.1. The molecule has 25 heavy (non-hydrogen) atoms. The molecule has 0 saturated heterocycles. The first-order valence-corrected chi connectivity index (χ1v) is 9.03. The number of aromatic nitrogens is 2. The highest BCUT2D eigenvalue weighted by molar-refractivity contribution is 9.10. The van der Waals surface area contributed by atoms with Crippen LogP contribution in [0.4, 0.5) is 9.57 Å². The summed E-state index contributed by atoms with van der Waals surface area (Å²) >= 11 is 3.63. The van der Waals surface area contributed by atoms with E-state index in [9.17, 15) is 8.99 Å².